The second-order valence-electron chi connectivity index (χ2n) is 7.35. The first-order chi connectivity index (χ1) is 16.3. The second kappa shape index (κ2) is 9.36. The number of carbonyl (C=O) groups excluding carboxylic acids is 3. The van der Waals surface area contributed by atoms with Crippen molar-refractivity contribution in [1.82, 2.24) is 0 Å². The zero-order chi connectivity index (χ0) is 24.3. The van der Waals surface area contributed by atoms with E-state index in [0.717, 1.165) is 4.31 Å². The van der Waals surface area contributed by atoms with Crippen molar-refractivity contribution in [3.8, 4) is 5.75 Å². The van der Waals surface area contributed by atoms with Crippen molar-refractivity contribution in [3.05, 3.63) is 83.9 Å². The zero-order valence-corrected chi connectivity index (χ0v) is 18.9. The molecule has 10 heteroatoms. The van der Waals surface area contributed by atoms with Crippen LogP contribution in [-0.2, 0) is 19.6 Å². The lowest BCUT2D eigenvalue weighted by molar-refractivity contribution is -0.118. The van der Waals surface area contributed by atoms with Gasteiger partial charge in [-0.1, -0.05) is 30.3 Å². The molecule has 1 aliphatic heterocycles. The fourth-order valence-electron chi connectivity index (χ4n) is 3.33. The van der Waals surface area contributed by atoms with Crippen LogP contribution in [0.3, 0.4) is 0 Å². The largest absolute Gasteiger partial charge is 0.482 e. The van der Waals surface area contributed by atoms with Crippen molar-refractivity contribution in [2.24, 2.45) is 0 Å². The van der Waals surface area contributed by atoms with Gasteiger partial charge >= 0.3 is 5.97 Å². The molecule has 0 bridgehead atoms. The van der Waals surface area contributed by atoms with Crippen molar-refractivity contribution in [3.63, 3.8) is 0 Å². The number of nitrogens with one attached hydrogen (secondary N) is 1. The predicted molar refractivity (Wildman–Crippen MR) is 124 cm³/mol. The Morgan fingerprint density at radius 1 is 1.03 bits per heavy atom. The smallest absolute Gasteiger partial charge is 0.339 e. The van der Waals surface area contributed by atoms with Crippen molar-refractivity contribution in [2.75, 3.05) is 29.9 Å². The minimum absolute atomic E-state index is 0.111. The number of fused-ring (bicyclic) bond motifs is 1. The van der Waals surface area contributed by atoms with E-state index in [0.29, 0.717) is 17.1 Å². The van der Waals surface area contributed by atoms with Crippen LogP contribution in [0.4, 0.5) is 11.4 Å². The van der Waals surface area contributed by atoms with Gasteiger partial charge in [0.25, 0.3) is 15.9 Å². The molecule has 0 aliphatic carbocycles. The molecule has 4 rings (SSSR count). The van der Waals surface area contributed by atoms with Gasteiger partial charge in [0.2, 0.25) is 0 Å². The first kappa shape index (κ1) is 23.0. The van der Waals surface area contributed by atoms with Gasteiger partial charge in [-0.25, -0.2) is 13.2 Å². The van der Waals surface area contributed by atoms with Crippen LogP contribution in [0, 0.1) is 0 Å². The molecule has 1 N–H and O–H groups in total. The fraction of sp³-hybridized carbons (Fsp3) is 0.125. The summed E-state index contributed by atoms with van der Waals surface area (Å²) >= 11 is 0. The first-order valence-corrected chi connectivity index (χ1v) is 11.6. The van der Waals surface area contributed by atoms with E-state index in [1.165, 1.54) is 49.5 Å². The molecule has 1 heterocycles. The van der Waals surface area contributed by atoms with Crippen LogP contribution >= 0.6 is 0 Å². The summed E-state index contributed by atoms with van der Waals surface area (Å²) in [4.78, 5) is 36.6. The monoisotopic (exact) mass is 480 g/mol. The summed E-state index contributed by atoms with van der Waals surface area (Å²) in [7, 11) is -2.70. The number of esters is 1. The van der Waals surface area contributed by atoms with E-state index in [9.17, 15) is 22.8 Å². The standard InChI is InChI=1S/C24H20N2O7S/c1-26(17-7-3-2-4-8-17)34(30,31)22-10-6-5-9-18(22)24(29)33-14-20(27)16-11-12-21-19(13-16)25-23(28)15-32-21/h2-13H,14-15H2,1H3,(H,25,28). The molecule has 0 unspecified atom stereocenters. The Balaban J connectivity index is 1.51. The maximum Gasteiger partial charge on any atom is 0.339 e. The number of anilines is 2. The number of sulfonamides is 1. The van der Waals surface area contributed by atoms with Crippen LogP contribution in [0.15, 0.2) is 77.7 Å². The van der Waals surface area contributed by atoms with Gasteiger partial charge in [-0.05, 0) is 42.5 Å². The van der Waals surface area contributed by atoms with Crippen LogP contribution < -0.4 is 14.4 Å². The van der Waals surface area contributed by atoms with E-state index in [-0.39, 0.29) is 28.5 Å². The predicted octanol–water partition coefficient (Wildman–Crippen LogP) is 2.88. The van der Waals surface area contributed by atoms with Crippen LogP contribution in [-0.4, -0.2) is 46.3 Å². The first-order valence-electron chi connectivity index (χ1n) is 10.2. The van der Waals surface area contributed by atoms with Gasteiger partial charge < -0.3 is 14.8 Å². The molecular formula is C24H20N2O7S. The molecule has 3 aromatic rings. The molecule has 0 saturated heterocycles. The maximum atomic E-state index is 13.2. The van der Waals surface area contributed by atoms with Crippen molar-refractivity contribution in [2.45, 2.75) is 4.90 Å². The summed E-state index contributed by atoms with van der Waals surface area (Å²) in [6, 6.07) is 18.5. The Morgan fingerprint density at radius 3 is 2.50 bits per heavy atom. The number of rotatable bonds is 7. The van der Waals surface area contributed by atoms with Crippen LogP contribution in [0.1, 0.15) is 20.7 Å². The molecule has 174 valence electrons. The summed E-state index contributed by atoms with van der Waals surface area (Å²) in [6.07, 6.45) is 0. The summed E-state index contributed by atoms with van der Waals surface area (Å²) in [5.41, 5.74) is 0.768. The molecule has 0 fully saturated rings. The highest BCUT2D eigenvalue weighted by Crippen LogP contribution is 2.29. The average molecular weight is 480 g/mol. The van der Waals surface area contributed by atoms with Gasteiger partial charge in [0.15, 0.2) is 19.0 Å². The number of hydrogen-bond acceptors (Lipinski definition) is 7. The average Bonchev–Trinajstić information content (AvgIpc) is 2.86. The minimum atomic E-state index is -4.08. The number of hydrogen-bond donors (Lipinski definition) is 1. The Hall–Kier alpha value is -4.18. The quantitative estimate of drug-likeness (QED) is 0.408. The van der Waals surface area contributed by atoms with E-state index < -0.39 is 28.4 Å². The minimum Gasteiger partial charge on any atom is -0.482 e. The molecule has 1 amide bonds. The van der Waals surface area contributed by atoms with Gasteiger partial charge in [0, 0.05) is 12.6 Å². The molecule has 3 aromatic carbocycles. The van der Waals surface area contributed by atoms with Crippen LogP contribution in [0.5, 0.6) is 5.75 Å². The number of ether oxygens (including phenoxy) is 2. The molecule has 0 radical (unpaired) electrons. The highest BCUT2D eigenvalue weighted by Gasteiger charge is 2.28. The lowest BCUT2D eigenvalue weighted by Gasteiger charge is -2.21. The number of benzene rings is 3. The summed E-state index contributed by atoms with van der Waals surface area (Å²) in [5.74, 6) is -1.40. The molecule has 0 atom stereocenters. The molecule has 0 saturated carbocycles. The number of nitrogens with zero attached hydrogens (tertiary/aromatic N) is 1. The Kier molecular flexibility index (Phi) is 6.33. The summed E-state index contributed by atoms with van der Waals surface area (Å²) in [5, 5.41) is 2.60. The van der Waals surface area contributed by atoms with Gasteiger partial charge in [0.05, 0.1) is 16.9 Å². The van der Waals surface area contributed by atoms with Crippen molar-refractivity contribution in [1.29, 1.82) is 0 Å². The van der Waals surface area contributed by atoms with Gasteiger partial charge in [0.1, 0.15) is 10.6 Å². The normalized spacial score (nSPS) is 12.7. The van der Waals surface area contributed by atoms with E-state index in [1.54, 1.807) is 30.3 Å². The van der Waals surface area contributed by atoms with Gasteiger partial charge in [-0.3, -0.25) is 13.9 Å². The Labute approximate surface area is 196 Å². The highest BCUT2D eigenvalue weighted by atomic mass is 32.2. The lowest BCUT2D eigenvalue weighted by Crippen LogP contribution is -2.28. The van der Waals surface area contributed by atoms with E-state index in [4.69, 9.17) is 9.47 Å². The van der Waals surface area contributed by atoms with Gasteiger partial charge in [-0.15, -0.1) is 0 Å². The SMILES string of the molecule is CN(c1ccccc1)S(=O)(=O)c1ccccc1C(=O)OCC(=O)c1ccc2c(c1)NC(=O)CO2. The topological polar surface area (TPSA) is 119 Å². The molecular weight excluding hydrogens is 460 g/mol. The maximum absolute atomic E-state index is 13.2. The van der Waals surface area contributed by atoms with Crippen LogP contribution in [0.2, 0.25) is 0 Å². The third-order valence-corrected chi connectivity index (χ3v) is 6.98. The number of amides is 1. The summed E-state index contributed by atoms with van der Waals surface area (Å²) < 4.78 is 37.8. The van der Waals surface area contributed by atoms with Crippen molar-refractivity contribution < 1.29 is 32.3 Å². The second-order valence-corrected chi connectivity index (χ2v) is 9.29. The third-order valence-electron chi connectivity index (χ3n) is 5.13. The number of ketones is 1. The van der Waals surface area contributed by atoms with E-state index >= 15 is 0 Å². The van der Waals surface area contributed by atoms with Crippen LogP contribution in [0.25, 0.3) is 0 Å². The third kappa shape index (κ3) is 4.62. The highest BCUT2D eigenvalue weighted by molar-refractivity contribution is 7.92. The summed E-state index contributed by atoms with van der Waals surface area (Å²) in [6.45, 7) is -0.727. The van der Waals surface area contributed by atoms with E-state index in [2.05, 4.69) is 5.32 Å². The molecule has 34 heavy (non-hydrogen) atoms. The number of Topliss-reactive ketones (excluding diaryl/α,β-unsaturated/α-hetero) is 1. The Morgan fingerprint density at radius 2 is 1.74 bits per heavy atom. The fourth-order valence-corrected chi connectivity index (χ4v) is 4.71. The molecule has 9 nitrogen and oxygen atoms in total. The number of carbonyl (C=O) groups is 3. The molecule has 1 aliphatic rings. The molecule has 0 spiro atoms. The molecule has 0 aromatic heterocycles. The number of para-hydroxylation sites is 1. The lowest BCUT2D eigenvalue weighted by atomic mass is 10.1. The van der Waals surface area contributed by atoms with Crippen molar-refractivity contribution >= 4 is 39.1 Å². The zero-order valence-electron chi connectivity index (χ0n) is 18.1. The van der Waals surface area contributed by atoms with E-state index in [1.807, 2.05) is 0 Å². The van der Waals surface area contributed by atoms with Gasteiger partial charge in [-0.2, -0.15) is 0 Å². The Bertz CT molecular complexity index is 1370.